The van der Waals surface area contributed by atoms with Gasteiger partial charge in [-0.1, -0.05) is 27.2 Å². The number of rotatable bonds is 3. The van der Waals surface area contributed by atoms with Gasteiger partial charge in [0.15, 0.2) is 0 Å². The van der Waals surface area contributed by atoms with Crippen molar-refractivity contribution in [2.75, 3.05) is 6.61 Å². The van der Waals surface area contributed by atoms with Gasteiger partial charge in [0.25, 0.3) is 5.60 Å². The van der Waals surface area contributed by atoms with Gasteiger partial charge >= 0.3 is 12.4 Å². The van der Waals surface area contributed by atoms with Crippen molar-refractivity contribution in [1.82, 2.24) is 0 Å². The van der Waals surface area contributed by atoms with E-state index >= 15 is 0 Å². The maximum atomic E-state index is 13.4. The van der Waals surface area contributed by atoms with E-state index in [2.05, 4.69) is 0 Å². The highest BCUT2D eigenvalue weighted by atomic mass is 19.4. The van der Waals surface area contributed by atoms with Crippen LogP contribution >= 0.6 is 0 Å². The Morgan fingerprint density at radius 3 is 1.73 bits per heavy atom. The SMILES string of the molecule is CC(C)(C)C(OCC1CC2CCC1C2)(C(F)(F)F)C(F)(F)F. The molecular formula is C15H22F6O. The monoisotopic (exact) mass is 332 g/mol. The van der Waals surface area contributed by atoms with Crippen molar-refractivity contribution < 1.29 is 31.1 Å². The molecule has 0 spiro atoms. The molecule has 2 bridgehead atoms. The van der Waals surface area contributed by atoms with Gasteiger partial charge < -0.3 is 4.74 Å². The van der Waals surface area contributed by atoms with Crippen LogP contribution in [0.1, 0.15) is 46.5 Å². The molecule has 2 rings (SSSR count). The molecule has 0 saturated heterocycles. The van der Waals surface area contributed by atoms with E-state index in [9.17, 15) is 26.3 Å². The summed E-state index contributed by atoms with van der Waals surface area (Å²) >= 11 is 0. The van der Waals surface area contributed by atoms with Gasteiger partial charge in [-0.15, -0.1) is 0 Å². The lowest BCUT2D eigenvalue weighted by Gasteiger charge is -2.46. The molecule has 0 aromatic carbocycles. The van der Waals surface area contributed by atoms with Crippen LogP contribution < -0.4 is 0 Å². The Bertz CT molecular complexity index is 370. The van der Waals surface area contributed by atoms with Crippen LogP contribution in [0.2, 0.25) is 0 Å². The number of hydrogen-bond acceptors (Lipinski definition) is 1. The third kappa shape index (κ3) is 2.74. The van der Waals surface area contributed by atoms with Gasteiger partial charge in [-0.3, -0.25) is 0 Å². The molecule has 130 valence electrons. The molecule has 0 aromatic rings. The van der Waals surface area contributed by atoms with Crippen LogP contribution in [-0.4, -0.2) is 24.6 Å². The summed E-state index contributed by atoms with van der Waals surface area (Å²) in [5.41, 5.74) is -6.27. The summed E-state index contributed by atoms with van der Waals surface area (Å²) < 4.78 is 85.0. The number of ether oxygens (including phenoxy) is 1. The first-order valence-electron chi connectivity index (χ1n) is 7.57. The van der Waals surface area contributed by atoms with Gasteiger partial charge in [-0.05, 0) is 37.0 Å². The van der Waals surface area contributed by atoms with E-state index in [-0.39, 0.29) is 11.8 Å². The minimum atomic E-state index is -5.51. The van der Waals surface area contributed by atoms with Crippen LogP contribution in [0.3, 0.4) is 0 Å². The smallest absolute Gasteiger partial charge is 0.357 e. The lowest BCUT2D eigenvalue weighted by Crippen LogP contribution is -2.66. The van der Waals surface area contributed by atoms with Crippen molar-refractivity contribution in [3.63, 3.8) is 0 Å². The van der Waals surface area contributed by atoms with Crippen LogP contribution in [0.15, 0.2) is 0 Å². The maximum absolute atomic E-state index is 13.4. The molecule has 0 aromatic heterocycles. The van der Waals surface area contributed by atoms with Gasteiger partial charge in [0.1, 0.15) is 0 Å². The van der Waals surface area contributed by atoms with E-state index in [4.69, 9.17) is 4.74 Å². The molecule has 0 heterocycles. The summed E-state index contributed by atoms with van der Waals surface area (Å²) in [5.74, 6) is 0.466. The molecule has 0 amide bonds. The van der Waals surface area contributed by atoms with Gasteiger partial charge in [-0.25, -0.2) is 0 Å². The first kappa shape index (κ1) is 17.9. The number of alkyl halides is 6. The van der Waals surface area contributed by atoms with Crippen molar-refractivity contribution in [3.8, 4) is 0 Å². The zero-order valence-corrected chi connectivity index (χ0v) is 12.9. The van der Waals surface area contributed by atoms with Crippen molar-refractivity contribution in [1.29, 1.82) is 0 Å². The van der Waals surface area contributed by atoms with Crippen LogP contribution in [0.5, 0.6) is 0 Å². The largest absolute Gasteiger partial charge is 0.427 e. The fourth-order valence-corrected chi connectivity index (χ4v) is 4.20. The minimum Gasteiger partial charge on any atom is -0.357 e. The number of hydrogen-bond donors (Lipinski definition) is 0. The molecule has 3 atom stereocenters. The van der Waals surface area contributed by atoms with E-state index in [1.807, 2.05) is 0 Å². The van der Waals surface area contributed by atoms with E-state index in [0.29, 0.717) is 12.3 Å². The Kier molecular flexibility index (Phi) is 4.29. The molecule has 0 aliphatic heterocycles. The van der Waals surface area contributed by atoms with Gasteiger partial charge in [0.2, 0.25) is 0 Å². The molecule has 0 radical (unpaired) electrons. The molecule has 2 fully saturated rings. The average molecular weight is 332 g/mol. The highest BCUT2D eigenvalue weighted by molar-refractivity contribution is 5.05. The average Bonchev–Trinajstić information content (AvgIpc) is 2.85. The van der Waals surface area contributed by atoms with Crippen LogP contribution in [0.4, 0.5) is 26.3 Å². The lowest BCUT2D eigenvalue weighted by atomic mass is 9.74. The highest BCUT2D eigenvalue weighted by Crippen LogP contribution is 2.56. The van der Waals surface area contributed by atoms with Crippen LogP contribution in [0.25, 0.3) is 0 Å². The number of halogens is 6. The molecule has 2 saturated carbocycles. The first-order chi connectivity index (χ1) is 9.79. The Labute approximate surface area is 126 Å². The lowest BCUT2D eigenvalue weighted by molar-refractivity contribution is -0.412. The molecular weight excluding hydrogens is 310 g/mol. The van der Waals surface area contributed by atoms with Gasteiger partial charge in [0.05, 0.1) is 6.61 Å². The Morgan fingerprint density at radius 2 is 1.41 bits per heavy atom. The van der Waals surface area contributed by atoms with Crippen LogP contribution in [0, 0.1) is 23.2 Å². The van der Waals surface area contributed by atoms with Gasteiger partial charge in [0, 0.05) is 5.41 Å². The maximum Gasteiger partial charge on any atom is 0.427 e. The molecule has 7 heteroatoms. The van der Waals surface area contributed by atoms with Crippen molar-refractivity contribution in [3.05, 3.63) is 0 Å². The summed E-state index contributed by atoms with van der Waals surface area (Å²) in [6, 6.07) is 0. The second kappa shape index (κ2) is 5.28. The molecule has 22 heavy (non-hydrogen) atoms. The van der Waals surface area contributed by atoms with E-state index in [1.54, 1.807) is 0 Å². The van der Waals surface area contributed by atoms with Crippen molar-refractivity contribution in [2.24, 2.45) is 23.2 Å². The summed E-state index contributed by atoms with van der Waals surface area (Å²) in [5, 5.41) is 0. The topological polar surface area (TPSA) is 9.23 Å². The quantitative estimate of drug-likeness (QED) is 0.633. The Balaban J connectivity index is 2.25. The van der Waals surface area contributed by atoms with E-state index in [1.165, 1.54) is 0 Å². The molecule has 2 aliphatic carbocycles. The zero-order valence-electron chi connectivity index (χ0n) is 12.9. The fourth-order valence-electron chi connectivity index (χ4n) is 4.20. The third-order valence-electron chi connectivity index (χ3n) is 5.25. The number of fused-ring (bicyclic) bond motifs is 2. The predicted octanol–water partition coefficient (Wildman–Crippen LogP) is 5.35. The third-order valence-corrected chi connectivity index (χ3v) is 5.25. The van der Waals surface area contributed by atoms with Crippen molar-refractivity contribution >= 4 is 0 Å². The highest BCUT2D eigenvalue weighted by Gasteiger charge is 2.77. The summed E-state index contributed by atoms with van der Waals surface area (Å²) in [6.45, 7) is 2.30. The Morgan fingerprint density at radius 1 is 0.864 bits per heavy atom. The second-order valence-corrected chi connectivity index (χ2v) is 7.67. The minimum absolute atomic E-state index is 0.190. The first-order valence-corrected chi connectivity index (χ1v) is 7.57. The summed E-state index contributed by atoms with van der Waals surface area (Å²) in [7, 11) is 0. The molecule has 1 nitrogen and oxygen atoms in total. The predicted molar refractivity (Wildman–Crippen MR) is 69.2 cm³/mol. The van der Waals surface area contributed by atoms with Gasteiger partial charge in [-0.2, -0.15) is 26.3 Å². The summed E-state index contributed by atoms with van der Waals surface area (Å²) in [4.78, 5) is 0. The Hall–Kier alpha value is -0.460. The normalized spacial score (nSPS) is 30.1. The molecule has 0 N–H and O–H groups in total. The summed E-state index contributed by atoms with van der Waals surface area (Å²) in [6.07, 6.45) is -7.51. The standard InChI is InChI=1S/C15H22F6O/c1-12(2,3)13(14(16,17)18,15(19,20)21)22-8-11-7-9-4-5-10(11)6-9/h9-11H,4-8H2,1-3H3. The fraction of sp³-hybridized carbons (Fsp3) is 1.00. The van der Waals surface area contributed by atoms with Crippen molar-refractivity contribution in [2.45, 2.75) is 64.4 Å². The van der Waals surface area contributed by atoms with E-state index in [0.717, 1.165) is 40.0 Å². The molecule has 2 aliphatic rings. The molecule has 3 unspecified atom stereocenters. The second-order valence-electron chi connectivity index (χ2n) is 7.67. The van der Waals surface area contributed by atoms with Crippen LogP contribution in [-0.2, 0) is 4.74 Å². The zero-order chi connectivity index (χ0) is 17.0. The van der Waals surface area contributed by atoms with E-state index < -0.39 is 30.0 Å².